The topological polar surface area (TPSA) is 9.23 Å². The Morgan fingerprint density at radius 3 is 2.53 bits per heavy atom. The van der Waals surface area contributed by atoms with Gasteiger partial charge in [0.1, 0.15) is 5.75 Å². The van der Waals surface area contributed by atoms with Gasteiger partial charge in [-0.2, -0.15) is 13.2 Å². The zero-order valence-corrected chi connectivity index (χ0v) is 7.84. The molecule has 80 valence electrons. The Kier molecular flexibility index (Phi) is 3.62. The molecular formula is C11H9F3O. The van der Waals surface area contributed by atoms with Crippen molar-refractivity contribution >= 4 is 0 Å². The number of hydrogen-bond donors (Lipinski definition) is 0. The van der Waals surface area contributed by atoms with Gasteiger partial charge >= 0.3 is 6.18 Å². The fourth-order valence-corrected chi connectivity index (χ4v) is 1.05. The number of ether oxygens (including phenoxy) is 1. The normalized spacial score (nSPS) is 10.8. The third-order valence-corrected chi connectivity index (χ3v) is 1.70. The number of terminal acetylenes is 1. The third kappa shape index (κ3) is 3.21. The molecule has 0 atom stereocenters. The quantitative estimate of drug-likeness (QED) is 0.555. The molecule has 0 N–H and O–H groups in total. The number of para-hydroxylation sites is 1. The van der Waals surface area contributed by atoms with Gasteiger partial charge in [0.15, 0.2) is 0 Å². The predicted molar refractivity (Wildman–Crippen MR) is 50.4 cm³/mol. The van der Waals surface area contributed by atoms with Crippen LogP contribution in [0.1, 0.15) is 12.0 Å². The molecule has 0 aromatic heterocycles. The molecular weight excluding hydrogens is 205 g/mol. The summed E-state index contributed by atoms with van der Waals surface area (Å²) >= 11 is 0. The van der Waals surface area contributed by atoms with Crippen LogP contribution in [0.25, 0.3) is 0 Å². The molecule has 0 saturated heterocycles. The van der Waals surface area contributed by atoms with Gasteiger partial charge < -0.3 is 4.74 Å². The molecule has 0 amide bonds. The second kappa shape index (κ2) is 4.74. The molecule has 0 heterocycles. The monoisotopic (exact) mass is 214 g/mol. The fraction of sp³-hybridized carbons (Fsp3) is 0.273. The van der Waals surface area contributed by atoms with Gasteiger partial charge in [-0.1, -0.05) is 12.1 Å². The molecule has 1 aromatic rings. The van der Waals surface area contributed by atoms with Crippen molar-refractivity contribution in [2.24, 2.45) is 0 Å². The second-order valence-electron chi connectivity index (χ2n) is 2.80. The molecule has 15 heavy (non-hydrogen) atoms. The van der Waals surface area contributed by atoms with E-state index in [2.05, 4.69) is 5.92 Å². The van der Waals surface area contributed by atoms with Gasteiger partial charge in [-0.3, -0.25) is 0 Å². The summed E-state index contributed by atoms with van der Waals surface area (Å²) in [5.74, 6) is 2.11. The standard InChI is InChI=1S/C11H9F3O/c1-2-3-8-15-10-7-5-4-6-9(10)11(12,13)14/h1,4-7H,3,8H2. The summed E-state index contributed by atoms with van der Waals surface area (Å²) < 4.78 is 42.3. The minimum absolute atomic E-state index is 0.0869. The van der Waals surface area contributed by atoms with E-state index in [1.807, 2.05) is 0 Å². The Morgan fingerprint density at radius 2 is 1.93 bits per heavy atom. The van der Waals surface area contributed by atoms with E-state index < -0.39 is 11.7 Å². The first-order chi connectivity index (χ1) is 7.05. The Bertz CT molecular complexity index is 363. The molecule has 1 aromatic carbocycles. The van der Waals surface area contributed by atoms with Crippen molar-refractivity contribution in [2.75, 3.05) is 6.61 Å². The van der Waals surface area contributed by atoms with E-state index in [-0.39, 0.29) is 18.8 Å². The van der Waals surface area contributed by atoms with Gasteiger partial charge in [0, 0.05) is 6.42 Å². The molecule has 4 heteroatoms. The van der Waals surface area contributed by atoms with E-state index in [9.17, 15) is 13.2 Å². The largest absolute Gasteiger partial charge is 0.492 e. The summed E-state index contributed by atoms with van der Waals surface area (Å²) in [6.45, 7) is 0.0869. The van der Waals surface area contributed by atoms with Crippen molar-refractivity contribution in [3.63, 3.8) is 0 Å². The van der Waals surface area contributed by atoms with Gasteiger partial charge in [-0.25, -0.2) is 0 Å². The Labute approximate surface area is 85.9 Å². The van der Waals surface area contributed by atoms with Crippen LogP contribution in [0.3, 0.4) is 0 Å². The fourth-order valence-electron chi connectivity index (χ4n) is 1.05. The molecule has 0 bridgehead atoms. The van der Waals surface area contributed by atoms with Crippen molar-refractivity contribution in [3.8, 4) is 18.1 Å². The molecule has 0 radical (unpaired) electrons. The number of hydrogen-bond acceptors (Lipinski definition) is 1. The van der Waals surface area contributed by atoms with Gasteiger partial charge in [-0.15, -0.1) is 12.3 Å². The van der Waals surface area contributed by atoms with Gasteiger partial charge in [-0.05, 0) is 12.1 Å². The molecule has 0 aliphatic carbocycles. The van der Waals surface area contributed by atoms with Gasteiger partial charge in [0.2, 0.25) is 0 Å². The van der Waals surface area contributed by atoms with Crippen LogP contribution in [0, 0.1) is 12.3 Å². The lowest BCUT2D eigenvalue weighted by molar-refractivity contribution is -0.138. The lowest BCUT2D eigenvalue weighted by Gasteiger charge is -2.12. The van der Waals surface area contributed by atoms with Crippen LogP contribution >= 0.6 is 0 Å². The summed E-state index contributed by atoms with van der Waals surface area (Å²) in [6, 6.07) is 5.06. The van der Waals surface area contributed by atoms with E-state index in [0.717, 1.165) is 6.07 Å². The van der Waals surface area contributed by atoms with E-state index in [0.29, 0.717) is 0 Å². The average molecular weight is 214 g/mol. The minimum Gasteiger partial charge on any atom is -0.492 e. The predicted octanol–water partition coefficient (Wildman–Crippen LogP) is 3.11. The average Bonchev–Trinajstić information content (AvgIpc) is 2.17. The smallest absolute Gasteiger partial charge is 0.419 e. The molecule has 0 fully saturated rings. The first-order valence-electron chi connectivity index (χ1n) is 4.28. The van der Waals surface area contributed by atoms with Gasteiger partial charge in [0.05, 0.1) is 12.2 Å². The number of benzene rings is 1. The Balaban J connectivity index is 2.83. The van der Waals surface area contributed by atoms with Crippen LogP contribution < -0.4 is 4.74 Å². The Morgan fingerprint density at radius 1 is 1.27 bits per heavy atom. The van der Waals surface area contributed by atoms with Crippen molar-refractivity contribution < 1.29 is 17.9 Å². The number of rotatable bonds is 3. The minimum atomic E-state index is -4.40. The van der Waals surface area contributed by atoms with Crippen molar-refractivity contribution in [1.29, 1.82) is 0 Å². The summed E-state index contributed by atoms with van der Waals surface area (Å²) in [4.78, 5) is 0. The molecule has 0 aliphatic heterocycles. The SMILES string of the molecule is C#CCCOc1ccccc1C(F)(F)F. The van der Waals surface area contributed by atoms with Crippen molar-refractivity contribution in [2.45, 2.75) is 12.6 Å². The summed E-state index contributed by atoms with van der Waals surface area (Å²) in [7, 11) is 0. The molecule has 0 aliphatic rings. The molecule has 0 saturated carbocycles. The first kappa shape index (κ1) is 11.4. The van der Waals surface area contributed by atoms with Crippen LogP contribution in [0.2, 0.25) is 0 Å². The summed E-state index contributed by atoms with van der Waals surface area (Å²) in [5, 5.41) is 0. The van der Waals surface area contributed by atoms with Crippen molar-refractivity contribution in [1.82, 2.24) is 0 Å². The highest BCUT2D eigenvalue weighted by atomic mass is 19.4. The molecule has 0 unspecified atom stereocenters. The van der Waals surface area contributed by atoms with Crippen LogP contribution in [0.4, 0.5) is 13.2 Å². The highest BCUT2D eigenvalue weighted by molar-refractivity contribution is 5.35. The molecule has 1 rings (SSSR count). The highest BCUT2D eigenvalue weighted by Gasteiger charge is 2.33. The van der Waals surface area contributed by atoms with Crippen LogP contribution in [-0.4, -0.2) is 6.61 Å². The van der Waals surface area contributed by atoms with Crippen LogP contribution in [0.5, 0.6) is 5.75 Å². The lowest BCUT2D eigenvalue weighted by Crippen LogP contribution is -2.08. The lowest BCUT2D eigenvalue weighted by atomic mass is 10.2. The maximum absolute atomic E-state index is 12.4. The zero-order chi connectivity index (χ0) is 11.3. The maximum Gasteiger partial charge on any atom is 0.419 e. The number of halogens is 3. The highest BCUT2D eigenvalue weighted by Crippen LogP contribution is 2.35. The Hall–Kier alpha value is -1.63. The molecule has 1 nitrogen and oxygen atoms in total. The summed E-state index contributed by atoms with van der Waals surface area (Å²) in [5.41, 5.74) is -0.776. The van der Waals surface area contributed by atoms with Crippen LogP contribution in [0.15, 0.2) is 24.3 Å². The van der Waals surface area contributed by atoms with E-state index in [1.165, 1.54) is 18.2 Å². The van der Waals surface area contributed by atoms with Crippen LogP contribution in [-0.2, 0) is 6.18 Å². The van der Waals surface area contributed by atoms with E-state index in [4.69, 9.17) is 11.2 Å². The van der Waals surface area contributed by atoms with Crippen molar-refractivity contribution in [3.05, 3.63) is 29.8 Å². The van der Waals surface area contributed by atoms with E-state index in [1.54, 1.807) is 0 Å². The first-order valence-corrected chi connectivity index (χ1v) is 4.28. The summed E-state index contributed by atoms with van der Waals surface area (Å²) in [6.07, 6.45) is 0.852. The second-order valence-corrected chi connectivity index (χ2v) is 2.80. The maximum atomic E-state index is 12.4. The molecule has 0 spiro atoms. The van der Waals surface area contributed by atoms with E-state index >= 15 is 0 Å². The number of alkyl halides is 3. The van der Waals surface area contributed by atoms with Gasteiger partial charge in [0.25, 0.3) is 0 Å². The zero-order valence-electron chi connectivity index (χ0n) is 7.84. The third-order valence-electron chi connectivity index (χ3n) is 1.70.